The van der Waals surface area contributed by atoms with Crippen molar-refractivity contribution in [3.8, 4) is 0 Å². The molecule has 0 aromatic heterocycles. The Labute approximate surface area is 123 Å². The molecule has 0 aromatic rings. The number of hydrogen-bond donors (Lipinski definition) is 0. The molecule has 116 valence electrons. The van der Waals surface area contributed by atoms with Crippen LogP contribution in [0.2, 0.25) is 0 Å². The van der Waals surface area contributed by atoms with Crippen molar-refractivity contribution in [2.75, 3.05) is 26.2 Å². The van der Waals surface area contributed by atoms with Crippen molar-refractivity contribution < 1.29 is 9.59 Å². The van der Waals surface area contributed by atoms with Crippen LogP contribution in [0.15, 0.2) is 12.2 Å². The van der Waals surface area contributed by atoms with Gasteiger partial charge in [0, 0.05) is 38.3 Å². The minimum Gasteiger partial charge on any atom is -0.339 e. The van der Waals surface area contributed by atoms with E-state index >= 15 is 0 Å². The molecular weight excluding hydrogens is 252 g/mol. The highest BCUT2D eigenvalue weighted by Crippen LogP contribution is 2.00. The Morgan fingerprint density at radius 1 is 0.650 bits per heavy atom. The average molecular weight is 282 g/mol. The number of carbonyl (C=O) groups is 2. The molecule has 20 heavy (non-hydrogen) atoms. The van der Waals surface area contributed by atoms with E-state index in [1.165, 1.54) is 12.2 Å². The van der Waals surface area contributed by atoms with Crippen LogP contribution in [-0.4, -0.2) is 47.8 Å². The van der Waals surface area contributed by atoms with Gasteiger partial charge in [0.15, 0.2) is 0 Å². The van der Waals surface area contributed by atoms with E-state index in [2.05, 4.69) is 27.7 Å². The third kappa shape index (κ3) is 7.31. The molecule has 0 rings (SSSR count). The predicted molar refractivity (Wildman–Crippen MR) is 83.5 cm³/mol. The molecule has 0 N–H and O–H groups in total. The Kier molecular flexibility index (Phi) is 10.7. The summed E-state index contributed by atoms with van der Waals surface area (Å²) in [5.41, 5.74) is 0. The normalized spacial score (nSPS) is 10.8. The van der Waals surface area contributed by atoms with Crippen molar-refractivity contribution in [2.24, 2.45) is 0 Å². The van der Waals surface area contributed by atoms with Gasteiger partial charge >= 0.3 is 0 Å². The molecule has 0 saturated heterocycles. The maximum Gasteiger partial charge on any atom is 0.246 e. The fourth-order valence-corrected chi connectivity index (χ4v) is 2.10. The smallest absolute Gasteiger partial charge is 0.246 e. The van der Waals surface area contributed by atoms with Gasteiger partial charge in [0.1, 0.15) is 0 Å². The third-order valence-corrected chi connectivity index (χ3v) is 2.97. The van der Waals surface area contributed by atoms with Gasteiger partial charge in [-0.1, -0.05) is 27.7 Å². The molecular formula is C16H30N2O2. The topological polar surface area (TPSA) is 40.6 Å². The number of rotatable bonds is 10. The summed E-state index contributed by atoms with van der Waals surface area (Å²) < 4.78 is 0. The standard InChI is InChI=1S/C16H30N2O2/c1-5-11-17(12-6-2)15(19)9-10-16(20)18(13-7-3)14-8-4/h9-10H,5-8,11-14H2,1-4H3. The maximum atomic E-state index is 12.0. The first-order valence-electron chi connectivity index (χ1n) is 7.86. The van der Waals surface area contributed by atoms with Gasteiger partial charge < -0.3 is 9.80 Å². The molecule has 4 heteroatoms. The molecule has 0 unspecified atom stereocenters. The van der Waals surface area contributed by atoms with E-state index in [9.17, 15) is 9.59 Å². The first kappa shape index (κ1) is 18.7. The van der Waals surface area contributed by atoms with Gasteiger partial charge in [-0.3, -0.25) is 9.59 Å². The van der Waals surface area contributed by atoms with Crippen LogP contribution < -0.4 is 0 Å². The van der Waals surface area contributed by atoms with Gasteiger partial charge in [-0.2, -0.15) is 0 Å². The van der Waals surface area contributed by atoms with Crippen molar-refractivity contribution in [3.63, 3.8) is 0 Å². The summed E-state index contributed by atoms with van der Waals surface area (Å²) in [7, 11) is 0. The summed E-state index contributed by atoms with van der Waals surface area (Å²) in [4.78, 5) is 27.7. The molecule has 4 nitrogen and oxygen atoms in total. The zero-order valence-corrected chi connectivity index (χ0v) is 13.5. The Hall–Kier alpha value is -1.32. The van der Waals surface area contributed by atoms with Crippen LogP contribution >= 0.6 is 0 Å². The summed E-state index contributed by atoms with van der Waals surface area (Å²) in [6, 6.07) is 0. The summed E-state index contributed by atoms with van der Waals surface area (Å²) in [6.07, 6.45) is 6.59. The molecule has 0 heterocycles. The summed E-state index contributed by atoms with van der Waals surface area (Å²) in [6.45, 7) is 11.2. The second kappa shape index (κ2) is 11.5. The zero-order valence-electron chi connectivity index (χ0n) is 13.5. The highest BCUT2D eigenvalue weighted by atomic mass is 16.2. The van der Waals surface area contributed by atoms with Crippen LogP contribution in [0.5, 0.6) is 0 Å². The largest absolute Gasteiger partial charge is 0.339 e. The Morgan fingerprint density at radius 2 is 0.900 bits per heavy atom. The van der Waals surface area contributed by atoms with Crippen molar-refractivity contribution in [1.29, 1.82) is 0 Å². The van der Waals surface area contributed by atoms with Crippen LogP contribution in [0, 0.1) is 0 Å². The summed E-state index contributed by atoms with van der Waals surface area (Å²) in [5.74, 6) is -0.120. The number of carbonyl (C=O) groups excluding carboxylic acids is 2. The highest BCUT2D eigenvalue weighted by molar-refractivity contribution is 5.96. The fourth-order valence-electron chi connectivity index (χ4n) is 2.10. The molecule has 0 aliphatic carbocycles. The molecule has 0 aliphatic rings. The van der Waals surface area contributed by atoms with E-state index in [1.807, 2.05) is 0 Å². The Morgan fingerprint density at radius 3 is 1.10 bits per heavy atom. The van der Waals surface area contributed by atoms with Gasteiger partial charge in [-0.15, -0.1) is 0 Å². The van der Waals surface area contributed by atoms with E-state index in [4.69, 9.17) is 0 Å². The number of amides is 2. The lowest BCUT2D eigenvalue weighted by Gasteiger charge is -2.21. The fraction of sp³-hybridized carbons (Fsp3) is 0.750. The Balaban J connectivity index is 4.55. The summed E-state index contributed by atoms with van der Waals surface area (Å²) >= 11 is 0. The molecule has 0 aliphatic heterocycles. The van der Waals surface area contributed by atoms with Gasteiger partial charge in [0.05, 0.1) is 0 Å². The Bertz CT molecular complexity index is 272. The lowest BCUT2D eigenvalue weighted by atomic mass is 10.3. The molecule has 0 spiro atoms. The molecule has 0 radical (unpaired) electrons. The molecule has 0 bridgehead atoms. The second-order valence-electron chi connectivity index (χ2n) is 4.98. The van der Waals surface area contributed by atoms with E-state index < -0.39 is 0 Å². The number of nitrogens with zero attached hydrogens (tertiary/aromatic N) is 2. The van der Waals surface area contributed by atoms with Gasteiger partial charge in [-0.25, -0.2) is 0 Å². The SMILES string of the molecule is CCCN(CCC)C(=O)C=CC(=O)N(CCC)CCC. The van der Waals surface area contributed by atoms with Gasteiger partial charge in [-0.05, 0) is 25.7 Å². The monoisotopic (exact) mass is 282 g/mol. The van der Waals surface area contributed by atoms with Crippen LogP contribution in [0.1, 0.15) is 53.4 Å². The van der Waals surface area contributed by atoms with E-state index in [0.29, 0.717) is 0 Å². The lowest BCUT2D eigenvalue weighted by molar-refractivity contribution is -0.128. The van der Waals surface area contributed by atoms with Crippen LogP contribution in [0.4, 0.5) is 0 Å². The van der Waals surface area contributed by atoms with Gasteiger partial charge in [0.25, 0.3) is 0 Å². The minimum atomic E-state index is -0.0602. The highest BCUT2D eigenvalue weighted by Gasteiger charge is 2.11. The lowest BCUT2D eigenvalue weighted by Crippen LogP contribution is -2.33. The molecule has 0 atom stereocenters. The number of hydrogen-bond acceptors (Lipinski definition) is 2. The van der Waals surface area contributed by atoms with Gasteiger partial charge in [0.2, 0.25) is 11.8 Å². The quantitative estimate of drug-likeness (QED) is 0.578. The van der Waals surface area contributed by atoms with Crippen LogP contribution in [0.3, 0.4) is 0 Å². The van der Waals surface area contributed by atoms with Crippen molar-refractivity contribution in [3.05, 3.63) is 12.2 Å². The van der Waals surface area contributed by atoms with E-state index in [0.717, 1.165) is 51.9 Å². The molecule has 0 aromatic carbocycles. The van der Waals surface area contributed by atoms with Crippen LogP contribution in [0.25, 0.3) is 0 Å². The minimum absolute atomic E-state index is 0.0602. The van der Waals surface area contributed by atoms with Crippen molar-refractivity contribution in [1.82, 2.24) is 9.80 Å². The third-order valence-electron chi connectivity index (χ3n) is 2.97. The first-order chi connectivity index (χ1) is 9.60. The average Bonchev–Trinajstić information content (AvgIpc) is 2.44. The van der Waals surface area contributed by atoms with E-state index in [-0.39, 0.29) is 11.8 Å². The first-order valence-corrected chi connectivity index (χ1v) is 7.86. The zero-order chi connectivity index (χ0) is 15.4. The second-order valence-corrected chi connectivity index (χ2v) is 4.98. The predicted octanol–water partition coefficient (Wildman–Crippen LogP) is 2.84. The van der Waals surface area contributed by atoms with Crippen molar-refractivity contribution in [2.45, 2.75) is 53.4 Å². The molecule has 0 fully saturated rings. The van der Waals surface area contributed by atoms with Crippen molar-refractivity contribution >= 4 is 11.8 Å². The molecule has 2 amide bonds. The molecule has 0 saturated carbocycles. The summed E-state index contributed by atoms with van der Waals surface area (Å²) in [5, 5.41) is 0. The van der Waals surface area contributed by atoms with Crippen LogP contribution in [-0.2, 0) is 9.59 Å². The van der Waals surface area contributed by atoms with E-state index in [1.54, 1.807) is 9.80 Å². The maximum absolute atomic E-state index is 12.0.